The molecule has 2 nitrogen and oxygen atoms in total. The molecule has 1 saturated heterocycles. The van der Waals surface area contributed by atoms with Crippen molar-refractivity contribution in [1.29, 1.82) is 0 Å². The lowest BCUT2D eigenvalue weighted by atomic mass is 10.0. The maximum atomic E-state index is 3.61. The molecule has 1 aliphatic heterocycles. The van der Waals surface area contributed by atoms with Crippen LogP contribution in [-0.2, 0) is 6.42 Å². The van der Waals surface area contributed by atoms with Crippen LogP contribution in [0.3, 0.4) is 0 Å². The van der Waals surface area contributed by atoms with Crippen molar-refractivity contribution in [2.45, 2.75) is 45.6 Å². The molecule has 1 aromatic rings. The Morgan fingerprint density at radius 2 is 1.94 bits per heavy atom. The average Bonchev–Trinajstić information content (AvgIpc) is 2.52. The highest BCUT2D eigenvalue weighted by molar-refractivity contribution is 5.48. The molecule has 18 heavy (non-hydrogen) atoms. The summed E-state index contributed by atoms with van der Waals surface area (Å²) in [4.78, 5) is 2.51. The van der Waals surface area contributed by atoms with Gasteiger partial charge in [-0.3, -0.25) is 0 Å². The molecule has 1 aliphatic rings. The Bertz CT molecular complexity index is 367. The number of hydrogen-bond donors (Lipinski definition) is 1. The zero-order chi connectivity index (χ0) is 13.0. The van der Waals surface area contributed by atoms with Gasteiger partial charge in [0.25, 0.3) is 0 Å². The third-order valence-corrected chi connectivity index (χ3v) is 3.63. The number of nitrogens with zero attached hydrogens (tertiary/aromatic N) is 1. The average molecular weight is 246 g/mol. The molecule has 1 N–H and O–H groups in total. The Balaban J connectivity index is 2.09. The Hall–Kier alpha value is -1.02. The molecule has 0 aromatic heterocycles. The van der Waals surface area contributed by atoms with Crippen LogP contribution >= 0.6 is 0 Å². The van der Waals surface area contributed by atoms with E-state index in [9.17, 15) is 0 Å². The lowest BCUT2D eigenvalue weighted by Gasteiger charge is -2.31. The second-order valence-corrected chi connectivity index (χ2v) is 6.00. The molecule has 2 rings (SSSR count). The Morgan fingerprint density at radius 1 is 1.22 bits per heavy atom. The van der Waals surface area contributed by atoms with Crippen molar-refractivity contribution < 1.29 is 0 Å². The summed E-state index contributed by atoms with van der Waals surface area (Å²) in [5.74, 6) is 0. The standard InChI is InChI=1S/C16H26N2/c1-4-6-14-7-9-15(10-8-14)18-12-5-11-17-16(2,3)13-18/h7-10,17H,4-6,11-13H2,1-3H3. The van der Waals surface area contributed by atoms with Gasteiger partial charge in [0.1, 0.15) is 0 Å². The van der Waals surface area contributed by atoms with Crippen LogP contribution in [0.15, 0.2) is 24.3 Å². The van der Waals surface area contributed by atoms with Crippen LogP contribution in [0.25, 0.3) is 0 Å². The van der Waals surface area contributed by atoms with Gasteiger partial charge >= 0.3 is 0 Å². The van der Waals surface area contributed by atoms with Gasteiger partial charge in [-0.2, -0.15) is 0 Å². The zero-order valence-electron chi connectivity index (χ0n) is 12.0. The van der Waals surface area contributed by atoms with Crippen LogP contribution in [0, 0.1) is 0 Å². The predicted octanol–water partition coefficient (Wildman–Crippen LogP) is 3.22. The molecular formula is C16H26N2. The normalized spacial score (nSPS) is 19.6. The van der Waals surface area contributed by atoms with E-state index in [-0.39, 0.29) is 5.54 Å². The van der Waals surface area contributed by atoms with Crippen molar-refractivity contribution in [2.75, 3.05) is 24.5 Å². The van der Waals surface area contributed by atoms with E-state index in [4.69, 9.17) is 0 Å². The SMILES string of the molecule is CCCc1ccc(N2CCCNC(C)(C)C2)cc1. The highest BCUT2D eigenvalue weighted by atomic mass is 15.2. The lowest BCUT2D eigenvalue weighted by molar-refractivity contribution is 0.416. The Morgan fingerprint density at radius 3 is 2.61 bits per heavy atom. The third kappa shape index (κ3) is 3.49. The fourth-order valence-electron chi connectivity index (χ4n) is 2.69. The van der Waals surface area contributed by atoms with Crippen LogP contribution in [0.2, 0.25) is 0 Å². The molecule has 0 amide bonds. The van der Waals surface area contributed by atoms with Crippen LogP contribution in [-0.4, -0.2) is 25.2 Å². The summed E-state index contributed by atoms with van der Waals surface area (Å²) in [5.41, 5.74) is 3.03. The molecule has 0 bridgehead atoms. The first-order valence-corrected chi connectivity index (χ1v) is 7.20. The van der Waals surface area contributed by atoms with Gasteiger partial charge < -0.3 is 10.2 Å². The summed E-state index contributed by atoms with van der Waals surface area (Å²) in [5, 5.41) is 3.61. The maximum Gasteiger partial charge on any atom is 0.0367 e. The summed E-state index contributed by atoms with van der Waals surface area (Å²) >= 11 is 0. The molecule has 1 heterocycles. The quantitative estimate of drug-likeness (QED) is 0.881. The molecule has 0 radical (unpaired) electrons. The molecule has 0 unspecified atom stereocenters. The van der Waals surface area contributed by atoms with Gasteiger partial charge in [0.05, 0.1) is 0 Å². The summed E-state index contributed by atoms with van der Waals surface area (Å²) in [6.45, 7) is 10.2. The van der Waals surface area contributed by atoms with E-state index >= 15 is 0 Å². The predicted molar refractivity (Wildman–Crippen MR) is 79.3 cm³/mol. The molecule has 1 fully saturated rings. The first kappa shape index (κ1) is 13.4. The Kier molecular flexibility index (Phi) is 4.28. The third-order valence-electron chi connectivity index (χ3n) is 3.63. The van der Waals surface area contributed by atoms with Gasteiger partial charge in [-0.25, -0.2) is 0 Å². The van der Waals surface area contributed by atoms with Crippen LogP contribution < -0.4 is 10.2 Å². The van der Waals surface area contributed by atoms with Crippen LogP contribution in [0.4, 0.5) is 5.69 Å². The van der Waals surface area contributed by atoms with E-state index in [0.29, 0.717) is 0 Å². The molecule has 1 aromatic carbocycles. The first-order valence-electron chi connectivity index (χ1n) is 7.20. The summed E-state index contributed by atoms with van der Waals surface area (Å²) in [7, 11) is 0. The number of anilines is 1. The number of hydrogen-bond acceptors (Lipinski definition) is 2. The van der Waals surface area contributed by atoms with Crippen molar-refractivity contribution >= 4 is 5.69 Å². The first-order chi connectivity index (χ1) is 8.61. The highest BCUT2D eigenvalue weighted by Gasteiger charge is 2.23. The number of benzene rings is 1. The molecule has 0 atom stereocenters. The minimum absolute atomic E-state index is 0.207. The molecule has 100 valence electrons. The maximum absolute atomic E-state index is 3.61. The van der Waals surface area contributed by atoms with Gasteiger partial charge in [-0.05, 0) is 50.9 Å². The second kappa shape index (κ2) is 5.75. The van der Waals surface area contributed by atoms with Crippen molar-refractivity contribution in [3.63, 3.8) is 0 Å². The van der Waals surface area contributed by atoms with Crippen molar-refractivity contribution in [1.82, 2.24) is 5.32 Å². The van der Waals surface area contributed by atoms with Gasteiger partial charge in [-0.1, -0.05) is 25.5 Å². The van der Waals surface area contributed by atoms with Crippen LogP contribution in [0.1, 0.15) is 39.2 Å². The molecule has 2 heteroatoms. The number of rotatable bonds is 3. The summed E-state index contributed by atoms with van der Waals surface area (Å²) < 4.78 is 0. The number of nitrogens with one attached hydrogen (secondary N) is 1. The van der Waals surface area contributed by atoms with Crippen LogP contribution in [0.5, 0.6) is 0 Å². The van der Waals surface area contributed by atoms with Gasteiger partial charge in [0.2, 0.25) is 0 Å². The molecule has 0 spiro atoms. The summed E-state index contributed by atoms with van der Waals surface area (Å²) in [6.07, 6.45) is 3.63. The van der Waals surface area contributed by atoms with E-state index in [2.05, 4.69) is 55.3 Å². The smallest absolute Gasteiger partial charge is 0.0367 e. The van der Waals surface area contributed by atoms with E-state index in [1.807, 2.05) is 0 Å². The largest absolute Gasteiger partial charge is 0.370 e. The Labute approximate surface area is 111 Å². The van der Waals surface area contributed by atoms with Crippen molar-refractivity contribution in [2.24, 2.45) is 0 Å². The topological polar surface area (TPSA) is 15.3 Å². The molecular weight excluding hydrogens is 220 g/mol. The molecule has 0 saturated carbocycles. The van der Waals surface area contributed by atoms with Gasteiger partial charge in [-0.15, -0.1) is 0 Å². The van der Waals surface area contributed by atoms with E-state index in [0.717, 1.165) is 19.6 Å². The van der Waals surface area contributed by atoms with E-state index < -0.39 is 0 Å². The minimum atomic E-state index is 0.207. The van der Waals surface area contributed by atoms with E-state index in [1.165, 1.54) is 30.5 Å². The minimum Gasteiger partial charge on any atom is -0.370 e. The molecule has 0 aliphatic carbocycles. The second-order valence-electron chi connectivity index (χ2n) is 6.00. The number of aryl methyl sites for hydroxylation is 1. The highest BCUT2D eigenvalue weighted by Crippen LogP contribution is 2.20. The summed E-state index contributed by atoms with van der Waals surface area (Å²) in [6, 6.07) is 9.13. The lowest BCUT2D eigenvalue weighted by Crippen LogP contribution is -2.46. The zero-order valence-corrected chi connectivity index (χ0v) is 12.0. The fraction of sp³-hybridized carbons (Fsp3) is 0.625. The van der Waals surface area contributed by atoms with Crippen molar-refractivity contribution in [3.05, 3.63) is 29.8 Å². The fourth-order valence-corrected chi connectivity index (χ4v) is 2.69. The van der Waals surface area contributed by atoms with Gasteiger partial charge in [0.15, 0.2) is 0 Å². The van der Waals surface area contributed by atoms with E-state index in [1.54, 1.807) is 0 Å². The van der Waals surface area contributed by atoms with Gasteiger partial charge in [0, 0.05) is 24.3 Å². The van der Waals surface area contributed by atoms with Crippen molar-refractivity contribution in [3.8, 4) is 0 Å². The monoisotopic (exact) mass is 246 g/mol.